The highest BCUT2D eigenvalue weighted by molar-refractivity contribution is 5.88. The molecule has 0 heterocycles. The van der Waals surface area contributed by atoms with E-state index in [1.165, 1.54) is 0 Å². The van der Waals surface area contributed by atoms with Crippen LogP contribution in [0.1, 0.15) is 35.6 Å². The number of likely N-dealkylation sites (N-methyl/N-ethyl adjacent to an activating group) is 1. The molecule has 0 radical (unpaired) electrons. The Morgan fingerprint density at radius 1 is 1.07 bits per heavy atom. The van der Waals surface area contributed by atoms with E-state index in [1.807, 2.05) is 57.2 Å². The van der Waals surface area contributed by atoms with Crippen molar-refractivity contribution in [2.24, 2.45) is 0 Å². The zero-order chi connectivity index (χ0) is 20.7. The molecule has 5 heteroatoms. The molecule has 150 valence electrons. The van der Waals surface area contributed by atoms with Crippen molar-refractivity contribution in [3.63, 3.8) is 0 Å². The van der Waals surface area contributed by atoms with E-state index in [-0.39, 0.29) is 18.2 Å². The van der Waals surface area contributed by atoms with Crippen molar-refractivity contribution in [1.29, 1.82) is 0 Å². The fraction of sp³-hybridized carbons (Fsp3) is 0.391. The molecule has 28 heavy (non-hydrogen) atoms. The molecule has 1 atom stereocenters. The summed E-state index contributed by atoms with van der Waals surface area (Å²) in [5.41, 5.74) is 4.14. The molecule has 0 saturated carbocycles. The van der Waals surface area contributed by atoms with E-state index < -0.39 is 6.04 Å². The van der Waals surface area contributed by atoms with Crippen molar-refractivity contribution in [3.8, 4) is 5.75 Å². The van der Waals surface area contributed by atoms with Gasteiger partial charge >= 0.3 is 0 Å². The molecule has 0 unspecified atom stereocenters. The molecular formula is C23H30N2O3. The molecule has 0 aliphatic rings. The first-order valence-electron chi connectivity index (χ1n) is 9.59. The largest absolute Gasteiger partial charge is 0.497 e. The highest BCUT2D eigenvalue weighted by atomic mass is 16.5. The van der Waals surface area contributed by atoms with Crippen LogP contribution in [0.5, 0.6) is 5.75 Å². The summed E-state index contributed by atoms with van der Waals surface area (Å²) in [6.45, 7) is 6.32. The summed E-state index contributed by atoms with van der Waals surface area (Å²) in [5, 5.41) is 2.68. The lowest BCUT2D eigenvalue weighted by molar-refractivity contribution is -0.140. The van der Waals surface area contributed by atoms with Crippen LogP contribution in [-0.4, -0.2) is 36.9 Å². The normalized spacial score (nSPS) is 11.6. The van der Waals surface area contributed by atoms with Crippen LogP contribution in [0.3, 0.4) is 0 Å². The Labute approximate surface area is 167 Å². The average molecular weight is 383 g/mol. The molecule has 0 aliphatic carbocycles. The molecule has 0 spiro atoms. The summed E-state index contributed by atoms with van der Waals surface area (Å²) >= 11 is 0. The monoisotopic (exact) mass is 382 g/mol. The predicted octanol–water partition coefficient (Wildman–Crippen LogP) is 3.41. The summed E-state index contributed by atoms with van der Waals surface area (Å²) < 4.78 is 5.29. The fourth-order valence-electron chi connectivity index (χ4n) is 3.50. The summed E-state index contributed by atoms with van der Waals surface area (Å²) in [6, 6.07) is 13.2. The third kappa shape index (κ3) is 5.59. The van der Waals surface area contributed by atoms with Crippen LogP contribution in [0.2, 0.25) is 0 Å². The highest BCUT2D eigenvalue weighted by Gasteiger charge is 2.28. The average Bonchev–Trinajstić information content (AvgIpc) is 2.66. The Morgan fingerprint density at radius 2 is 1.75 bits per heavy atom. The molecule has 0 bridgehead atoms. The number of aryl methyl sites for hydroxylation is 2. The van der Waals surface area contributed by atoms with Gasteiger partial charge in [-0.1, -0.05) is 48.4 Å². The quantitative estimate of drug-likeness (QED) is 0.761. The van der Waals surface area contributed by atoms with Gasteiger partial charge < -0.3 is 15.0 Å². The third-order valence-electron chi connectivity index (χ3n) is 4.76. The Hall–Kier alpha value is -2.82. The zero-order valence-electron chi connectivity index (χ0n) is 17.4. The second-order valence-corrected chi connectivity index (χ2v) is 7.08. The minimum atomic E-state index is -0.519. The molecule has 2 amide bonds. The number of benzene rings is 2. The minimum absolute atomic E-state index is 0.0664. The number of carbonyl (C=O) groups is 2. The SMILES string of the molecule is CC[C@H](C(=O)NC)N(Cc1cccc(OC)c1)C(=O)Cc1cc(C)cc(C)c1. The predicted molar refractivity (Wildman–Crippen MR) is 111 cm³/mol. The number of nitrogens with zero attached hydrogens (tertiary/aromatic N) is 1. The second kappa shape index (κ2) is 9.93. The van der Waals surface area contributed by atoms with Gasteiger partial charge in [0.2, 0.25) is 11.8 Å². The minimum Gasteiger partial charge on any atom is -0.497 e. The van der Waals surface area contributed by atoms with Gasteiger partial charge in [0.25, 0.3) is 0 Å². The Morgan fingerprint density at radius 3 is 2.32 bits per heavy atom. The molecule has 2 aromatic carbocycles. The van der Waals surface area contributed by atoms with E-state index in [9.17, 15) is 9.59 Å². The number of amides is 2. The maximum atomic E-state index is 13.2. The molecule has 0 fully saturated rings. The van der Waals surface area contributed by atoms with Gasteiger partial charge in [0.1, 0.15) is 11.8 Å². The van der Waals surface area contributed by atoms with E-state index in [0.29, 0.717) is 13.0 Å². The van der Waals surface area contributed by atoms with Crippen LogP contribution in [0.25, 0.3) is 0 Å². The van der Waals surface area contributed by atoms with E-state index >= 15 is 0 Å². The number of ether oxygens (including phenoxy) is 1. The fourth-order valence-corrected chi connectivity index (χ4v) is 3.50. The number of methoxy groups -OCH3 is 1. The van der Waals surface area contributed by atoms with Crippen LogP contribution in [0.4, 0.5) is 0 Å². The van der Waals surface area contributed by atoms with Crippen molar-refractivity contribution in [2.75, 3.05) is 14.2 Å². The molecular weight excluding hydrogens is 352 g/mol. The molecule has 0 aliphatic heterocycles. The Balaban J connectivity index is 2.32. The van der Waals surface area contributed by atoms with E-state index in [4.69, 9.17) is 4.74 Å². The lowest BCUT2D eigenvalue weighted by atomic mass is 10.0. The zero-order valence-corrected chi connectivity index (χ0v) is 17.4. The lowest BCUT2D eigenvalue weighted by Gasteiger charge is -2.30. The van der Waals surface area contributed by atoms with Crippen LogP contribution < -0.4 is 10.1 Å². The van der Waals surface area contributed by atoms with E-state index in [2.05, 4.69) is 11.4 Å². The maximum Gasteiger partial charge on any atom is 0.242 e. The molecule has 0 aromatic heterocycles. The van der Waals surface area contributed by atoms with E-state index in [1.54, 1.807) is 19.1 Å². The summed E-state index contributed by atoms with van der Waals surface area (Å²) in [5.74, 6) is 0.509. The number of carbonyl (C=O) groups excluding carboxylic acids is 2. The standard InChI is InChI=1S/C23H30N2O3/c1-6-21(23(27)24-4)25(15-18-8-7-9-20(13-18)28-5)22(26)14-19-11-16(2)10-17(3)12-19/h7-13,21H,6,14-15H2,1-5H3,(H,24,27)/t21-/m1/s1. The first-order chi connectivity index (χ1) is 13.4. The lowest BCUT2D eigenvalue weighted by Crippen LogP contribution is -2.48. The first-order valence-corrected chi connectivity index (χ1v) is 9.59. The molecule has 5 nitrogen and oxygen atoms in total. The van der Waals surface area contributed by atoms with Gasteiger partial charge in [-0.25, -0.2) is 0 Å². The van der Waals surface area contributed by atoms with Gasteiger partial charge in [0.15, 0.2) is 0 Å². The first kappa shape index (κ1) is 21.5. The smallest absolute Gasteiger partial charge is 0.242 e. The summed E-state index contributed by atoms with van der Waals surface area (Å²) in [6.07, 6.45) is 0.808. The number of hydrogen-bond donors (Lipinski definition) is 1. The molecule has 2 rings (SSSR count). The summed E-state index contributed by atoms with van der Waals surface area (Å²) in [7, 11) is 3.21. The van der Waals surface area contributed by atoms with Crippen molar-refractivity contribution < 1.29 is 14.3 Å². The van der Waals surface area contributed by atoms with Crippen molar-refractivity contribution in [3.05, 3.63) is 64.7 Å². The number of hydrogen-bond acceptors (Lipinski definition) is 3. The van der Waals surface area contributed by atoms with Crippen LogP contribution in [-0.2, 0) is 22.6 Å². The van der Waals surface area contributed by atoms with Crippen molar-refractivity contribution >= 4 is 11.8 Å². The summed E-state index contributed by atoms with van der Waals surface area (Å²) in [4.78, 5) is 27.3. The molecule has 0 saturated heterocycles. The van der Waals surface area contributed by atoms with Crippen LogP contribution >= 0.6 is 0 Å². The van der Waals surface area contributed by atoms with Crippen LogP contribution in [0, 0.1) is 13.8 Å². The van der Waals surface area contributed by atoms with Gasteiger partial charge in [-0.05, 0) is 43.5 Å². The van der Waals surface area contributed by atoms with Gasteiger partial charge in [-0.3, -0.25) is 9.59 Å². The van der Waals surface area contributed by atoms with Crippen LogP contribution in [0.15, 0.2) is 42.5 Å². The van der Waals surface area contributed by atoms with Gasteiger partial charge in [0, 0.05) is 13.6 Å². The number of rotatable bonds is 8. The van der Waals surface area contributed by atoms with Gasteiger partial charge in [-0.15, -0.1) is 0 Å². The number of nitrogens with one attached hydrogen (secondary N) is 1. The van der Waals surface area contributed by atoms with Crippen molar-refractivity contribution in [1.82, 2.24) is 10.2 Å². The maximum absolute atomic E-state index is 13.2. The van der Waals surface area contributed by atoms with Gasteiger partial charge in [-0.2, -0.15) is 0 Å². The molecule has 2 aromatic rings. The topological polar surface area (TPSA) is 58.6 Å². The third-order valence-corrected chi connectivity index (χ3v) is 4.76. The van der Waals surface area contributed by atoms with E-state index in [0.717, 1.165) is 28.0 Å². The van der Waals surface area contributed by atoms with Crippen molar-refractivity contribution in [2.45, 2.75) is 46.2 Å². The molecule has 1 N–H and O–H groups in total. The Bertz CT molecular complexity index is 812. The second-order valence-electron chi connectivity index (χ2n) is 7.08. The van der Waals surface area contributed by atoms with Gasteiger partial charge in [0.05, 0.1) is 13.5 Å². The Kier molecular flexibility index (Phi) is 7.61. The highest BCUT2D eigenvalue weighted by Crippen LogP contribution is 2.19.